The van der Waals surface area contributed by atoms with Crippen LogP contribution in [0.4, 0.5) is 0 Å². The minimum atomic E-state index is -0.385. The van der Waals surface area contributed by atoms with Crippen LogP contribution in [0.2, 0.25) is 0 Å². The lowest BCUT2D eigenvalue weighted by atomic mass is 10.2. The van der Waals surface area contributed by atoms with E-state index in [-0.39, 0.29) is 12.0 Å². The summed E-state index contributed by atoms with van der Waals surface area (Å²) in [5, 5.41) is 9.15. The highest BCUT2D eigenvalue weighted by Gasteiger charge is 2.12. The van der Waals surface area contributed by atoms with Crippen LogP contribution in [-0.2, 0) is 0 Å². The Bertz CT molecular complexity index is 369. The van der Waals surface area contributed by atoms with Crippen molar-refractivity contribution in [1.82, 2.24) is 9.88 Å². The first kappa shape index (κ1) is 13.4. The zero-order chi connectivity index (χ0) is 12.1. The van der Waals surface area contributed by atoms with E-state index in [4.69, 9.17) is 5.11 Å². The number of nitrogens with zero attached hydrogens (tertiary/aromatic N) is 2. The summed E-state index contributed by atoms with van der Waals surface area (Å²) in [4.78, 5) is 17.5. The van der Waals surface area contributed by atoms with Gasteiger partial charge in [0, 0.05) is 29.6 Å². The molecule has 1 unspecified atom stereocenters. The van der Waals surface area contributed by atoms with E-state index in [2.05, 4.69) is 27.6 Å². The van der Waals surface area contributed by atoms with E-state index in [0.717, 1.165) is 3.57 Å². The number of hydrogen-bond donors (Lipinski definition) is 1. The van der Waals surface area contributed by atoms with Gasteiger partial charge in [0.25, 0.3) is 5.91 Å². The van der Waals surface area contributed by atoms with E-state index in [0.29, 0.717) is 18.5 Å². The number of pyridine rings is 1. The normalized spacial score (nSPS) is 12.2. The maximum atomic E-state index is 11.9. The topological polar surface area (TPSA) is 53.4 Å². The zero-order valence-electron chi connectivity index (χ0n) is 9.35. The highest BCUT2D eigenvalue weighted by molar-refractivity contribution is 14.1. The van der Waals surface area contributed by atoms with Gasteiger partial charge in [-0.3, -0.25) is 9.78 Å². The van der Waals surface area contributed by atoms with Gasteiger partial charge >= 0.3 is 0 Å². The van der Waals surface area contributed by atoms with Gasteiger partial charge in [0.05, 0.1) is 11.7 Å². The Morgan fingerprint density at radius 3 is 2.88 bits per heavy atom. The second-order valence-electron chi connectivity index (χ2n) is 3.76. The average Bonchev–Trinajstić information content (AvgIpc) is 2.24. The first-order chi connectivity index (χ1) is 7.50. The fraction of sp³-hybridized carbons (Fsp3) is 0.455. The summed E-state index contributed by atoms with van der Waals surface area (Å²) in [6.07, 6.45) is 3.46. The molecule has 16 heavy (non-hydrogen) atoms. The van der Waals surface area contributed by atoms with Gasteiger partial charge in [-0.25, -0.2) is 0 Å². The van der Waals surface area contributed by atoms with Crippen LogP contribution in [-0.4, -0.2) is 40.6 Å². The van der Waals surface area contributed by atoms with Crippen molar-refractivity contribution in [2.24, 2.45) is 0 Å². The van der Waals surface area contributed by atoms with Gasteiger partial charge in [0.15, 0.2) is 0 Å². The number of halogens is 1. The van der Waals surface area contributed by atoms with E-state index in [1.54, 1.807) is 37.3 Å². The largest absolute Gasteiger partial charge is 0.393 e. The van der Waals surface area contributed by atoms with Crippen molar-refractivity contribution in [1.29, 1.82) is 0 Å². The van der Waals surface area contributed by atoms with Crippen LogP contribution in [0.25, 0.3) is 0 Å². The third-order valence-electron chi connectivity index (χ3n) is 2.18. The zero-order valence-corrected chi connectivity index (χ0v) is 11.5. The number of rotatable bonds is 4. The van der Waals surface area contributed by atoms with Crippen molar-refractivity contribution >= 4 is 28.5 Å². The molecule has 1 N–H and O–H groups in total. The fourth-order valence-corrected chi connectivity index (χ4v) is 1.73. The van der Waals surface area contributed by atoms with Gasteiger partial charge in [-0.2, -0.15) is 0 Å². The summed E-state index contributed by atoms with van der Waals surface area (Å²) in [6.45, 7) is 2.26. The number of amides is 1. The molecule has 0 saturated carbocycles. The van der Waals surface area contributed by atoms with Gasteiger partial charge in [-0.05, 0) is 42.0 Å². The van der Waals surface area contributed by atoms with Crippen LogP contribution in [0.3, 0.4) is 0 Å². The third kappa shape index (κ3) is 4.05. The Labute approximate surface area is 109 Å². The summed E-state index contributed by atoms with van der Waals surface area (Å²) in [7, 11) is 1.73. The molecular weight excluding hydrogens is 319 g/mol. The third-order valence-corrected chi connectivity index (χ3v) is 2.77. The fourth-order valence-electron chi connectivity index (χ4n) is 1.23. The molecule has 1 aromatic heterocycles. The van der Waals surface area contributed by atoms with E-state index in [1.807, 2.05) is 0 Å². The Morgan fingerprint density at radius 1 is 1.62 bits per heavy atom. The van der Waals surface area contributed by atoms with Crippen molar-refractivity contribution in [3.05, 3.63) is 27.6 Å². The second-order valence-corrected chi connectivity index (χ2v) is 5.00. The maximum absolute atomic E-state index is 11.9. The molecule has 0 saturated heterocycles. The number of carbonyl (C=O) groups is 1. The molecular formula is C11H15IN2O2. The van der Waals surface area contributed by atoms with Crippen LogP contribution < -0.4 is 0 Å². The molecule has 1 heterocycles. The Hall–Kier alpha value is -0.690. The SMILES string of the molecule is CC(O)CCN(C)C(=O)c1cncc(I)c1. The molecule has 1 amide bonds. The first-order valence-corrected chi connectivity index (χ1v) is 6.12. The van der Waals surface area contributed by atoms with Crippen LogP contribution in [0.5, 0.6) is 0 Å². The lowest BCUT2D eigenvalue weighted by Gasteiger charge is -2.17. The monoisotopic (exact) mass is 334 g/mol. The Morgan fingerprint density at radius 2 is 2.31 bits per heavy atom. The summed E-state index contributed by atoms with van der Waals surface area (Å²) in [5.74, 6) is -0.0633. The quantitative estimate of drug-likeness (QED) is 0.850. The number of aromatic nitrogens is 1. The lowest BCUT2D eigenvalue weighted by molar-refractivity contribution is 0.0768. The molecule has 1 atom stereocenters. The minimum absolute atomic E-state index is 0.0633. The van der Waals surface area contributed by atoms with Crippen LogP contribution in [0, 0.1) is 3.57 Å². The predicted molar refractivity (Wildman–Crippen MR) is 70.2 cm³/mol. The van der Waals surface area contributed by atoms with Crippen molar-refractivity contribution in [3.8, 4) is 0 Å². The van der Waals surface area contributed by atoms with Crippen molar-refractivity contribution in [2.45, 2.75) is 19.4 Å². The van der Waals surface area contributed by atoms with Crippen molar-refractivity contribution in [3.63, 3.8) is 0 Å². The molecule has 88 valence electrons. The minimum Gasteiger partial charge on any atom is -0.393 e. The van der Waals surface area contributed by atoms with E-state index in [1.165, 1.54) is 0 Å². The van der Waals surface area contributed by atoms with Gasteiger partial charge < -0.3 is 10.0 Å². The summed E-state index contributed by atoms with van der Waals surface area (Å²) in [5.41, 5.74) is 0.583. The van der Waals surface area contributed by atoms with Crippen LogP contribution in [0.15, 0.2) is 18.5 Å². The van der Waals surface area contributed by atoms with E-state index < -0.39 is 0 Å². The number of carbonyl (C=O) groups excluding carboxylic acids is 1. The van der Waals surface area contributed by atoms with E-state index in [9.17, 15) is 4.79 Å². The maximum Gasteiger partial charge on any atom is 0.255 e. The summed E-state index contributed by atoms with van der Waals surface area (Å²) in [6, 6.07) is 1.80. The molecule has 1 aromatic rings. The molecule has 0 bridgehead atoms. The number of hydrogen-bond acceptors (Lipinski definition) is 3. The summed E-state index contributed by atoms with van der Waals surface area (Å²) < 4.78 is 0.937. The molecule has 0 aromatic carbocycles. The first-order valence-electron chi connectivity index (χ1n) is 5.05. The molecule has 0 aliphatic carbocycles. The van der Waals surface area contributed by atoms with Crippen molar-refractivity contribution < 1.29 is 9.90 Å². The highest BCUT2D eigenvalue weighted by atomic mass is 127. The lowest BCUT2D eigenvalue weighted by Crippen LogP contribution is -2.29. The smallest absolute Gasteiger partial charge is 0.255 e. The molecule has 0 aliphatic heterocycles. The molecule has 5 heteroatoms. The Balaban J connectivity index is 2.63. The number of aliphatic hydroxyl groups is 1. The van der Waals surface area contributed by atoms with Gasteiger partial charge in [0.2, 0.25) is 0 Å². The standard InChI is InChI=1S/C11H15IN2O2/c1-8(15)3-4-14(2)11(16)9-5-10(12)7-13-6-9/h5-8,15H,3-4H2,1-2H3. The van der Waals surface area contributed by atoms with Crippen LogP contribution in [0.1, 0.15) is 23.7 Å². The molecule has 0 fully saturated rings. The molecule has 0 spiro atoms. The molecule has 0 aliphatic rings. The van der Waals surface area contributed by atoms with Crippen molar-refractivity contribution in [2.75, 3.05) is 13.6 Å². The van der Waals surface area contributed by atoms with Gasteiger partial charge in [-0.15, -0.1) is 0 Å². The van der Waals surface area contributed by atoms with Gasteiger partial charge in [0.1, 0.15) is 0 Å². The Kier molecular flexibility index (Phi) is 5.14. The summed E-state index contributed by atoms with van der Waals surface area (Å²) >= 11 is 2.12. The molecule has 1 rings (SSSR count). The second kappa shape index (κ2) is 6.15. The molecule has 0 radical (unpaired) electrons. The highest BCUT2D eigenvalue weighted by Crippen LogP contribution is 2.08. The van der Waals surface area contributed by atoms with Crippen LogP contribution >= 0.6 is 22.6 Å². The number of aliphatic hydroxyl groups excluding tert-OH is 1. The predicted octanol–water partition coefficient (Wildman–Crippen LogP) is 1.53. The van der Waals surface area contributed by atoms with E-state index >= 15 is 0 Å². The average molecular weight is 334 g/mol. The van der Waals surface area contributed by atoms with Gasteiger partial charge in [-0.1, -0.05) is 0 Å². The molecule has 4 nitrogen and oxygen atoms in total.